The van der Waals surface area contributed by atoms with Crippen LogP contribution in [0.4, 0.5) is 16.3 Å². The first-order valence-electron chi connectivity index (χ1n) is 7.29. The molecule has 0 bridgehead atoms. The van der Waals surface area contributed by atoms with Gasteiger partial charge in [-0.05, 0) is 11.6 Å². The second-order valence-corrected chi connectivity index (χ2v) is 5.20. The van der Waals surface area contributed by atoms with Crippen LogP contribution in [0.3, 0.4) is 0 Å². The highest BCUT2D eigenvalue weighted by atomic mass is 16.5. The van der Waals surface area contributed by atoms with Crippen molar-refractivity contribution < 1.29 is 19.7 Å². The fourth-order valence-electron chi connectivity index (χ4n) is 1.97. The van der Waals surface area contributed by atoms with Crippen molar-refractivity contribution in [1.29, 1.82) is 0 Å². The number of pyridine rings is 1. The van der Waals surface area contributed by atoms with Gasteiger partial charge in [0, 0.05) is 18.3 Å². The topological polar surface area (TPSA) is 144 Å². The van der Waals surface area contributed by atoms with Gasteiger partial charge in [-0.1, -0.05) is 30.3 Å². The maximum absolute atomic E-state index is 11.6. The highest BCUT2D eigenvalue weighted by Gasteiger charge is 2.20. The summed E-state index contributed by atoms with van der Waals surface area (Å²) >= 11 is 0. The quantitative estimate of drug-likeness (QED) is 0.520. The predicted molar refractivity (Wildman–Crippen MR) is 88.7 cm³/mol. The summed E-state index contributed by atoms with van der Waals surface area (Å²) in [7, 11) is 0. The van der Waals surface area contributed by atoms with Gasteiger partial charge in [0.15, 0.2) is 0 Å². The van der Waals surface area contributed by atoms with E-state index in [0.717, 1.165) is 5.56 Å². The molecule has 0 radical (unpaired) electrons. The Morgan fingerprint density at radius 1 is 1.25 bits per heavy atom. The predicted octanol–water partition coefficient (Wildman–Crippen LogP) is 0.567. The number of rotatable bonds is 6. The van der Waals surface area contributed by atoms with Gasteiger partial charge in [-0.3, -0.25) is 0 Å². The maximum Gasteiger partial charge on any atom is 0.407 e. The van der Waals surface area contributed by atoms with Crippen LogP contribution in [-0.4, -0.2) is 33.9 Å². The number of hydrogen-bond donors (Lipinski definition) is 5. The van der Waals surface area contributed by atoms with Crippen LogP contribution in [0.25, 0.3) is 0 Å². The monoisotopic (exact) mass is 332 g/mol. The van der Waals surface area contributed by atoms with Gasteiger partial charge in [0.1, 0.15) is 24.6 Å². The summed E-state index contributed by atoms with van der Waals surface area (Å²) in [6.07, 6.45) is -1.90. The molecule has 24 heavy (non-hydrogen) atoms. The van der Waals surface area contributed by atoms with E-state index in [1.807, 2.05) is 30.3 Å². The molecule has 128 valence electrons. The normalized spacial score (nSPS) is 13.1. The molecule has 0 spiro atoms. The van der Waals surface area contributed by atoms with Gasteiger partial charge in [-0.15, -0.1) is 0 Å². The van der Waals surface area contributed by atoms with E-state index in [9.17, 15) is 15.0 Å². The van der Waals surface area contributed by atoms with Crippen molar-refractivity contribution in [3.05, 3.63) is 53.7 Å². The molecule has 8 nitrogen and oxygen atoms in total. The van der Waals surface area contributed by atoms with Crippen molar-refractivity contribution in [1.82, 2.24) is 10.3 Å². The number of nitrogens with two attached hydrogens (primary N) is 2. The Labute approximate surface area is 139 Å². The standard InChI is InChI=1S/C16H20N4O4/c17-12-6-11(7-19-15(12)18)14(22)13(21)8-20-16(23)24-9-10-4-2-1-3-5-10/h1-7,13-14,21-22H,8-9,17H2,(H2,18,19)(H,20,23). The van der Waals surface area contributed by atoms with Gasteiger partial charge in [0.05, 0.1) is 5.69 Å². The lowest BCUT2D eigenvalue weighted by molar-refractivity contribution is 0.0182. The molecule has 2 unspecified atom stereocenters. The van der Waals surface area contributed by atoms with Crippen molar-refractivity contribution in [3.8, 4) is 0 Å². The Hall–Kier alpha value is -2.84. The third-order valence-electron chi connectivity index (χ3n) is 3.34. The number of aromatic nitrogens is 1. The van der Waals surface area contributed by atoms with Gasteiger partial charge in [0.2, 0.25) is 0 Å². The van der Waals surface area contributed by atoms with Crippen molar-refractivity contribution >= 4 is 17.6 Å². The lowest BCUT2D eigenvalue weighted by Gasteiger charge is -2.19. The number of aliphatic hydroxyl groups excluding tert-OH is 2. The lowest BCUT2D eigenvalue weighted by atomic mass is 10.1. The highest BCUT2D eigenvalue weighted by molar-refractivity contribution is 5.67. The molecule has 0 saturated heterocycles. The zero-order valence-electron chi connectivity index (χ0n) is 12.9. The molecule has 0 fully saturated rings. The summed E-state index contributed by atoms with van der Waals surface area (Å²) in [6, 6.07) is 10.6. The van der Waals surface area contributed by atoms with Crippen LogP contribution in [0, 0.1) is 0 Å². The zero-order chi connectivity index (χ0) is 17.5. The van der Waals surface area contributed by atoms with E-state index in [1.165, 1.54) is 12.3 Å². The number of carbonyl (C=O) groups is 1. The molecule has 0 aliphatic rings. The van der Waals surface area contributed by atoms with Crippen LogP contribution in [-0.2, 0) is 11.3 Å². The molecule has 2 atom stereocenters. The summed E-state index contributed by atoms with van der Waals surface area (Å²) in [5.41, 5.74) is 12.4. The number of carbonyl (C=O) groups excluding carboxylic acids is 1. The van der Waals surface area contributed by atoms with Gasteiger partial charge in [0.25, 0.3) is 0 Å². The van der Waals surface area contributed by atoms with Crippen molar-refractivity contribution in [2.24, 2.45) is 0 Å². The van der Waals surface area contributed by atoms with Crippen molar-refractivity contribution in [2.75, 3.05) is 18.0 Å². The number of nitrogens with one attached hydrogen (secondary N) is 1. The Morgan fingerprint density at radius 2 is 1.96 bits per heavy atom. The summed E-state index contributed by atoms with van der Waals surface area (Å²) < 4.78 is 5.01. The second kappa shape index (κ2) is 8.14. The summed E-state index contributed by atoms with van der Waals surface area (Å²) in [4.78, 5) is 15.4. The van der Waals surface area contributed by atoms with Gasteiger partial charge in [-0.2, -0.15) is 0 Å². The fraction of sp³-hybridized carbons (Fsp3) is 0.250. The number of nitrogens with zero attached hydrogens (tertiary/aromatic N) is 1. The van der Waals surface area contributed by atoms with Gasteiger partial charge < -0.3 is 31.7 Å². The van der Waals surface area contributed by atoms with E-state index in [4.69, 9.17) is 16.2 Å². The van der Waals surface area contributed by atoms with E-state index < -0.39 is 18.3 Å². The fourth-order valence-corrected chi connectivity index (χ4v) is 1.97. The van der Waals surface area contributed by atoms with Crippen LogP contribution in [0.1, 0.15) is 17.2 Å². The van der Waals surface area contributed by atoms with Crippen LogP contribution in [0.15, 0.2) is 42.6 Å². The number of amides is 1. The SMILES string of the molecule is Nc1cc(C(O)C(O)CNC(=O)OCc2ccccc2)cnc1N. The number of anilines is 2. The van der Waals surface area contributed by atoms with Crippen LogP contribution in [0.2, 0.25) is 0 Å². The molecule has 1 aromatic heterocycles. The highest BCUT2D eigenvalue weighted by Crippen LogP contribution is 2.21. The summed E-state index contributed by atoms with van der Waals surface area (Å²) in [5, 5.41) is 22.4. The third kappa shape index (κ3) is 4.83. The Balaban J connectivity index is 1.80. The van der Waals surface area contributed by atoms with Gasteiger partial charge >= 0.3 is 6.09 Å². The minimum absolute atomic E-state index is 0.115. The Kier molecular flexibility index (Phi) is 5.94. The average Bonchev–Trinajstić information content (AvgIpc) is 2.60. The molecule has 1 aromatic carbocycles. The molecule has 2 rings (SSSR count). The largest absolute Gasteiger partial charge is 0.445 e. The van der Waals surface area contributed by atoms with Crippen LogP contribution >= 0.6 is 0 Å². The summed E-state index contributed by atoms with van der Waals surface area (Å²) in [5.74, 6) is 0.142. The van der Waals surface area contributed by atoms with Crippen LogP contribution < -0.4 is 16.8 Å². The third-order valence-corrected chi connectivity index (χ3v) is 3.34. The lowest BCUT2D eigenvalue weighted by Crippen LogP contribution is -2.35. The first-order chi connectivity index (χ1) is 11.5. The average molecular weight is 332 g/mol. The molecule has 2 aromatic rings. The number of aliphatic hydroxyl groups is 2. The number of benzene rings is 1. The maximum atomic E-state index is 11.6. The Bertz CT molecular complexity index is 681. The molecule has 7 N–H and O–H groups in total. The molecule has 1 amide bonds. The molecule has 8 heteroatoms. The van der Waals surface area contributed by atoms with Crippen molar-refractivity contribution in [2.45, 2.75) is 18.8 Å². The van der Waals surface area contributed by atoms with E-state index in [-0.39, 0.29) is 24.7 Å². The molecular weight excluding hydrogens is 312 g/mol. The molecule has 0 aliphatic carbocycles. The van der Waals surface area contributed by atoms with Gasteiger partial charge in [-0.25, -0.2) is 9.78 Å². The second-order valence-electron chi connectivity index (χ2n) is 5.20. The summed E-state index contributed by atoms with van der Waals surface area (Å²) in [6.45, 7) is -0.0805. The van der Waals surface area contributed by atoms with E-state index in [0.29, 0.717) is 5.56 Å². The number of ether oxygens (including phenoxy) is 1. The Morgan fingerprint density at radius 3 is 2.62 bits per heavy atom. The van der Waals surface area contributed by atoms with Crippen LogP contribution in [0.5, 0.6) is 0 Å². The first-order valence-corrected chi connectivity index (χ1v) is 7.29. The van der Waals surface area contributed by atoms with E-state index in [2.05, 4.69) is 10.3 Å². The minimum atomic E-state index is -1.27. The smallest absolute Gasteiger partial charge is 0.407 e. The molecule has 0 aliphatic heterocycles. The molecule has 1 heterocycles. The van der Waals surface area contributed by atoms with Crippen molar-refractivity contribution in [3.63, 3.8) is 0 Å². The molecular formula is C16H20N4O4. The number of alkyl carbamates (subject to hydrolysis) is 1. The minimum Gasteiger partial charge on any atom is -0.445 e. The number of nitrogen functional groups attached to an aromatic ring is 2. The number of hydrogen-bond acceptors (Lipinski definition) is 7. The first kappa shape index (κ1) is 17.5. The molecule has 0 saturated carbocycles. The van der Waals surface area contributed by atoms with E-state index in [1.54, 1.807) is 0 Å². The van der Waals surface area contributed by atoms with E-state index >= 15 is 0 Å². The zero-order valence-corrected chi connectivity index (χ0v) is 12.9.